The second-order valence-corrected chi connectivity index (χ2v) is 4.23. The molecule has 1 saturated carbocycles. The third kappa shape index (κ3) is 1.95. The molecule has 1 fully saturated rings. The Bertz CT molecular complexity index is 319. The van der Waals surface area contributed by atoms with Crippen LogP contribution in [0.4, 0.5) is 11.4 Å². The largest absolute Gasteiger partial charge is 0.396 e. The van der Waals surface area contributed by atoms with Crippen molar-refractivity contribution in [3.05, 3.63) is 23.2 Å². The third-order valence-corrected chi connectivity index (χ3v) is 3.10. The SMILES string of the molecule is Nc1c(Cl)cccc1NC1CCCC1. The van der Waals surface area contributed by atoms with Crippen LogP contribution in [-0.2, 0) is 0 Å². The minimum Gasteiger partial charge on any atom is -0.396 e. The van der Waals surface area contributed by atoms with Crippen molar-refractivity contribution in [1.29, 1.82) is 0 Å². The molecule has 3 N–H and O–H groups in total. The van der Waals surface area contributed by atoms with Gasteiger partial charge in [-0.2, -0.15) is 0 Å². The Hall–Kier alpha value is -0.890. The van der Waals surface area contributed by atoms with E-state index < -0.39 is 0 Å². The molecule has 0 radical (unpaired) electrons. The average molecular weight is 211 g/mol. The highest BCUT2D eigenvalue weighted by atomic mass is 35.5. The Kier molecular flexibility index (Phi) is 2.82. The minimum atomic E-state index is 0.579. The number of rotatable bonds is 2. The summed E-state index contributed by atoms with van der Waals surface area (Å²) in [5.74, 6) is 0. The summed E-state index contributed by atoms with van der Waals surface area (Å²) in [4.78, 5) is 0. The molecule has 1 aromatic rings. The van der Waals surface area contributed by atoms with Crippen LogP contribution >= 0.6 is 11.6 Å². The molecule has 1 aliphatic carbocycles. The number of nitrogens with two attached hydrogens (primary N) is 1. The molecule has 1 aromatic carbocycles. The van der Waals surface area contributed by atoms with Crippen LogP contribution in [0.3, 0.4) is 0 Å². The van der Waals surface area contributed by atoms with Gasteiger partial charge < -0.3 is 11.1 Å². The molecule has 14 heavy (non-hydrogen) atoms. The first-order chi connectivity index (χ1) is 6.77. The number of nitrogens with one attached hydrogen (secondary N) is 1. The van der Waals surface area contributed by atoms with Gasteiger partial charge in [-0.3, -0.25) is 0 Å². The Morgan fingerprint density at radius 2 is 2.00 bits per heavy atom. The lowest BCUT2D eigenvalue weighted by Gasteiger charge is -2.15. The van der Waals surface area contributed by atoms with Gasteiger partial charge in [0.25, 0.3) is 0 Å². The molecule has 1 aliphatic rings. The van der Waals surface area contributed by atoms with E-state index in [0.717, 1.165) is 5.69 Å². The van der Waals surface area contributed by atoms with Gasteiger partial charge in [0, 0.05) is 6.04 Å². The van der Waals surface area contributed by atoms with Gasteiger partial charge in [0.2, 0.25) is 0 Å². The normalized spacial score (nSPS) is 17.2. The topological polar surface area (TPSA) is 38.0 Å². The van der Waals surface area contributed by atoms with Gasteiger partial charge in [-0.05, 0) is 25.0 Å². The molecule has 0 heterocycles. The van der Waals surface area contributed by atoms with E-state index in [9.17, 15) is 0 Å². The van der Waals surface area contributed by atoms with Crippen molar-refractivity contribution in [2.24, 2.45) is 0 Å². The van der Waals surface area contributed by atoms with Crippen LogP contribution in [0.2, 0.25) is 5.02 Å². The van der Waals surface area contributed by atoms with E-state index in [1.54, 1.807) is 0 Å². The first kappa shape index (κ1) is 9.66. The maximum atomic E-state index is 5.93. The predicted molar refractivity (Wildman–Crippen MR) is 61.7 cm³/mol. The molecule has 2 rings (SSSR count). The van der Waals surface area contributed by atoms with E-state index in [2.05, 4.69) is 5.32 Å². The van der Waals surface area contributed by atoms with Crippen LogP contribution in [0, 0.1) is 0 Å². The number of hydrogen-bond donors (Lipinski definition) is 2. The fourth-order valence-corrected chi connectivity index (χ4v) is 2.13. The monoisotopic (exact) mass is 210 g/mol. The molecular weight excluding hydrogens is 196 g/mol. The molecule has 0 bridgehead atoms. The highest BCUT2D eigenvalue weighted by Crippen LogP contribution is 2.30. The summed E-state index contributed by atoms with van der Waals surface area (Å²) in [7, 11) is 0. The summed E-state index contributed by atoms with van der Waals surface area (Å²) in [6.07, 6.45) is 5.12. The van der Waals surface area contributed by atoms with Crippen LogP contribution in [-0.4, -0.2) is 6.04 Å². The van der Waals surface area contributed by atoms with E-state index in [-0.39, 0.29) is 0 Å². The van der Waals surface area contributed by atoms with E-state index in [4.69, 9.17) is 17.3 Å². The van der Waals surface area contributed by atoms with Crippen molar-refractivity contribution >= 4 is 23.0 Å². The lowest BCUT2D eigenvalue weighted by Crippen LogP contribution is -2.15. The summed E-state index contributed by atoms with van der Waals surface area (Å²) in [5.41, 5.74) is 7.51. The fourth-order valence-electron chi connectivity index (χ4n) is 1.95. The first-order valence-electron chi connectivity index (χ1n) is 5.08. The Balaban J connectivity index is 2.11. The van der Waals surface area contributed by atoms with Crippen molar-refractivity contribution < 1.29 is 0 Å². The van der Waals surface area contributed by atoms with Gasteiger partial charge in [0.05, 0.1) is 16.4 Å². The summed E-state index contributed by atoms with van der Waals surface area (Å²) in [6, 6.07) is 6.31. The minimum absolute atomic E-state index is 0.579. The van der Waals surface area contributed by atoms with Gasteiger partial charge in [-0.15, -0.1) is 0 Å². The van der Waals surface area contributed by atoms with E-state index in [1.165, 1.54) is 25.7 Å². The summed E-state index contributed by atoms with van der Waals surface area (Å²) < 4.78 is 0. The summed E-state index contributed by atoms with van der Waals surface area (Å²) in [6.45, 7) is 0. The van der Waals surface area contributed by atoms with Gasteiger partial charge in [0.15, 0.2) is 0 Å². The zero-order valence-corrected chi connectivity index (χ0v) is 8.85. The van der Waals surface area contributed by atoms with Crippen molar-refractivity contribution in [2.75, 3.05) is 11.1 Å². The van der Waals surface area contributed by atoms with Crippen molar-refractivity contribution in [1.82, 2.24) is 0 Å². The quantitative estimate of drug-likeness (QED) is 0.736. The van der Waals surface area contributed by atoms with E-state index >= 15 is 0 Å². The molecule has 0 atom stereocenters. The molecule has 0 saturated heterocycles. The molecule has 0 amide bonds. The zero-order valence-electron chi connectivity index (χ0n) is 8.09. The van der Waals surface area contributed by atoms with Crippen molar-refractivity contribution in [3.63, 3.8) is 0 Å². The summed E-state index contributed by atoms with van der Waals surface area (Å²) >= 11 is 5.93. The van der Waals surface area contributed by atoms with E-state index in [1.807, 2.05) is 18.2 Å². The molecule has 0 aromatic heterocycles. The molecule has 76 valence electrons. The molecular formula is C11H15ClN2. The maximum Gasteiger partial charge on any atom is 0.0739 e. The molecule has 0 unspecified atom stereocenters. The Labute approximate surface area is 89.4 Å². The number of hydrogen-bond acceptors (Lipinski definition) is 2. The van der Waals surface area contributed by atoms with Crippen LogP contribution < -0.4 is 11.1 Å². The molecule has 2 nitrogen and oxygen atoms in total. The van der Waals surface area contributed by atoms with Crippen molar-refractivity contribution in [3.8, 4) is 0 Å². The van der Waals surface area contributed by atoms with Crippen LogP contribution in [0.1, 0.15) is 25.7 Å². The van der Waals surface area contributed by atoms with Gasteiger partial charge in [-0.1, -0.05) is 30.5 Å². The molecule has 0 aliphatic heterocycles. The first-order valence-corrected chi connectivity index (χ1v) is 5.45. The average Bonchev–Trinajstić information content (AvgIpc) is 2.66. The second-order valence-electron chi connectivity index (χ2n) is 3.83. The fraction of sp³-hybridized carbons (Fsp3) is 0.455. The van der Waals surface area contributed by atoms with Gasteiger partial charge in [0.1, 0.15) is 0 Å². The zero-order chi connectivity index (χ0) is 9.97. The van der Waals surface area contributed by atoms with Gasteiger partial charge >= 0.3 is 0 Å². The Morgan fingerprint density at radius 1 is 1.29 bits per heavy atom. The molecule has 3 heteroatoms. The predicted octanol–water partition coefficient (Wildman–Crippen LogP) is 3.28. The lowest BCUT2D eigenvalue weighted by atomic mass is 10.2. The maximum absolute atomic E-state index is 5.93. The molecule has 0 spiro atoms. The smallest absolute Gasteiger partial charge is 0.0739 e. The van der Waals surface area contributed by atoms with E-state index in [0.29, 0.717) is 16.8 Å². The third-order valence-electron chi connectivity index (χ3n) is 2.77. The lowest BCUT2D eigenvalue weighted by molar-refractivity contribution is 0.756. The van der Waals surface area contributed by atoms with Crippen molar-refractivity contribution in [2.45, 2.75) is 31.7 Å². The van der Waals surface area contributed by atoms with Crippen LogP contribution in [0.25, 0.3) is 0 Å². The standard InChI is InChI=1S/C11H15ClN2/c12-9-6-3-7-10(11(9)13)14-8-4-1-2-5-8/h3,6-8,14H,1-2,4-5,13H2. The van der Waals surface area contributed by atoms with Gasteiger partial charge in [-0.25, -0.2) is 0 Å². The van der Waals surface area contributed by atoms with Crippen LogP contribution in [0.5, 0.6) is 0 Å². The second kappa shape index (κ2) is 4.09. The number of anilines is 2. The Morgan fingerprint density at radius 3 is 2.71 bits per heavy atom. The highest BCUT2D eigenvalue weighted by Gasteiger charge is 2.15. The number of para-hydroxylation sites is 1. The number of halogens is 1. The summed E-state index contributed by atoms with van der Waals surface area (Å²) in [5, 5.41) is 4.07. The van der Waals surface area contributed by atoms with Crippen LogP contribution in [0.15, 0.2) is 18.2 Å². The highest BCUT2D eigenvalue weighted by molar-refractivity contribution is 6.33. The number of benzene rings is 1. The number of nitrogen functional groups attached to an aromatic ring is 1.